The van der Waals surface area contributed by atoms with Crippen LogP contribution in [0.15, 0.2) is 18.2 Å². The van der Waals surface area contributed by atoms with Crippen LogP contribution in [0.2, 0.25) is 10.0 Å². The molecule has 0 aliphatic heterocycles. The minimum Gasteiger partial charge on any atom is -0.332 e. The molecule has 0 saturated carbocycles. The maximum absolute atomic E-state index is 12.4. The van der Waals surface area contributed by atoms with E-state index in [4.69, 9.17) is 23.2 Å². The van der Waals surface area contributed by atoms with Crippen LogP contribution in [0.3, 0.4) is 0 Å². The van der Waals surface area contributed by atoms with Crippen molar-refractivity contribution in [2.24, 2.45) is 0 Å². The molecule has 0 spiro atoms. The normalized spacial score (nSPS) is 10.8. The SMILES string of the molecule is O=C(c1c(Cl)cccc1Cl)N(CCBr)CC(F)F. The van der Waals surface area contributed by atoms with E-state index in [0.717, 1.165) is 4.90 Å². The number of alkyl halides is 3. The van der Waals surface area contributed by atoms with Gasteiger partial charge in [-0.25, -0.2) is 8.78 Å². The monoisotopic (exact) mass is 359 g/mol. The number of halogens is 5. The van der Waals surface area contributed by atoms with Gasteiger partial charge in [0.15, 0.2) is 0 Å². The van der Waals surface area contributed by atoms with Gasteiger partial charge in [0.2, 0.25) is 0 Å². The molecule has 0 N–H and O–H groups in total. The van der Waals surface area contributed by atoms with Crippen LogP contribution in [0.25, 0.3) is 0 Å². The third-order valence-electron chi connectivity index (χ3n) is 2.18. The molecular formula is C11H10BrCl2F2NO. The zero-order chi connectivity index (χ0) is 13.7. The molecule has 0 radical (unpaired) electrons. The van der Waals surface area contributed by atoms with E-state index in [1.54, 1.807) is 6.07 Å². The number of carbonyl (C=O) groups is 1. The van der Waals surface area contributed by atoms with E-state index in [1.165, 1.54) is 12.1 Å². The van der Waals surface area contributed by atoms with Crippen molar-refractivity contribution in [2.75, 3.05) is 18.4 Å². The number of rotatable bonds is 5. The first kappa shape index (κ1) is 15.7. The Bertz CT molecular complexity index is 411. The summed E-state index contributed by atoms with van der Waals surface area (Å²) >= 11 is 14.9. The largest absolute Gasteiger partial charge is 0.332 e. The molecule has 7 heteroatoms. The predicted molar refractivity (Wildman–Crippen MR) is 72.2 cm³/mol. The molecule has 1 aromatic rings. The lowest BCUT2D eigenvalue weighted by Crippen LogP contribution is -2.36. The molecule has 18 heavy (non-hydrogen) atoms. The third-order valence-corrected chi connectivity index (χ3v) is 3.16. The highest BCUT2D eigenvalue weighted by molar-refractivity contribution is 9.09. The molecule has 0 aromatic heterocycles. The van der Waals surface area contributed by atoms with Gasteiger partial charge >= 0.3 is 0 Å². The van der Waals surface area contributed by atoms with Crippen LogP contribution in [0.5, 0.6) is 0 Å². The number of hydrogen-bond acceptors (Lipinski definition) is 1. The van der Waals surface area contributed by atoms with Crippen LogP contribution in [0, 0.1) is 0 Å². The standard InChI is InChI=1S/C11H10BrCl2F2NO/c12-4-5-17(6-9(15)16)11(18)10-7(13)2-1-3-8(10)14/h1-3,9H,4-6H2. The van der Waals surface area contributed by atoms with Crippen LogP contribution in [-0.4, -0.2) is 35.7 Å². The van der Waals surface area contributed by atoms with Gasteiger partial charge in [-0.1, -0.05) is 45.2 Å². The second-order valence-corrected chi connectivity index (χ2v) is 5.04. The summed E-state index contributed by atoms with van der Waals surface area (Å²) in [6.45, 7) is -0.489. The first-order chi connectivity index (χ1) is 8.47. The second kappa shape index (κ2) is 7.26. The Morgan fingerprint density at radius 1 is 1.33 bits per heavy atom. The number of nitrogens with zero attached hydrogens (tertiary/aromatic N) is 1. The first-order valence-corrected chi connectivity index (χ1v) is 6.92. The van der Waals surface area contributed by atoms with Gasteiger partial charge in [0.1, 0.15) is 0 Å². The average Bonchev–Trinajstić information content (AvgIpc) is 2.27. The molecule has 0 heterocycles. The van der Waals surface area contributed by atoms with Gasteiger partial charge in [-0.15, -0.1) is 0 Å². The van der Waals surface area contributed by atoms with E-state index in [-0.39, 0.29) is 22.2 Å². The predicted octanol–water partition coefficient (Wildman–Crippen LogP) is 4.10. The molecule has 0 fully saturated rings. The maximum Gasteiger partial charge on any atom is 0.257 e. The van der Waals surface area contributed by atoms with E-state index >= 15 is 0 Å². The van der Waals surface area contributed by atoms with Gasteiger partial charge in [-0.3, -0.25) is 4.79 Å². The molecule has 1 amide bonds. The van der Waals surface area contributed by atoms with Crippen LogP contribution >= 0.6 is 39.1 Å². The van der Waals surface area contributed by atoms with Crippen LogP contribution in [-0.2, 0) is 0 Å². The molecular weight excluding hydrogens is 351 g/mol. The second-order valence-electron chi connectivity index (χ2n) is 3.43. The van der Waals surface area contributed by atoms with Crippen LogP contribution in [0.4, 0.5) is 8.78 Å². The minimum atomic E-state index is -2.60. The first-order valence-electron chi connectivity index (χ1n) is 5.04. The maximum atomic E-state index is 12.4. The summed E-state index contributed by atoms with van der Waals surface area (Å²) in [4.78, 5) is 13.1. The lowest BCUT2D eigenvalue weighted by Gasteiger charge is -2.22. The van der Waals surface area contributed by atoms with Crippen molar-refractivity contribution >= 4 is 45.0 Å². The molecule has 0 bridgehead atoms. The zero-order valence-electron chi connectivity index (χ0n) is 9.18. The summed E-state index contributed by atoms with van der Waals surface area (Å²) in [6, 6.07) is 4.58. The lowest BCUT2D eigenvalue weighted by atomic mass is 10.2. The van der Waals surface area contributed by atoms with E-state index in [2.05, 4.69) is 15.9 Å². The molecule has 0 aliphatic carbocycles. The molecule has 1 rings (SSSR count). The molecule has 0 unspecified atom stereocenters. The van der Waals surface area contributed by atoms with E-state index in [9.17, 15) is 13.6 Å². The Morgan fingerprint density at radius 2 is 1.89 bits per heavy atom. The Morgan fingerprint density at radius 3 is 2.33 bits per heavy atom. The van der Waals surface area contributed by atoms with Crippen molar-refractivity contribution in [1.29, 1.82) is 0 Å². The third kappa shape index (κ3) is 4.07. The molecule has 100 valence electrons. The van der Waals surface area contributed by atoms with E-state index in [0.29, 0.717) is 5.33 Å². The highest BCUT2D eigenvalue weighted by Crippen LogP contribution is 2.26. The summed E-state index contributed by atoms with van der Waals surface area (Å²) in [5.41, 5.74) is 0.0578. The quantitative estimate of drug-likeness (QED) is 0.724. The van der Waals surface area contributed by atoms with Gasteiger partial charge in [0.25, 0.3) is 12.3 Å². The molecule has 2 nitrogen and oxygen atoms in total. The average molecular weight is 361 g/mol. The molecule has 1 aromatic carbocycles. The topological polar surface area (TPSA) is 20.3 Å². The highest BCUT2D eigenvalue weighted by atomic mass is 79.9. The van der Waals surface area contributed by atoms with Crippen molar-refractivity contribution in [3.05, 3.63) is 33.8 Å². The van der Waals surface area contributed by atoms with Gasteiger partial charge in [-0.2, -0.15) is 0 Å². The van der Waals surface area contributed by atoms with Crippen LogP contribution < -0.4 is 0 Å². The summed E-state index contributed by atoms with van der Waals surface area (Å²) < 4.78 is 24.8. The zero-order valence-corrected chi connectivity index (χ0v) is 12.3. The summed E-state index contributed by atoms with van der Waals surface area (Å²) in [5.74, 6) is -0.592. The van der Waals surface area contributed by atoms with Crippen molar-refractivity contribution in [3.8, 4) is 0 Å². The number of hydrogen-bond donors (Lipinski definition) is 0. The van der Waals surface area contributed by atoms with Gasteiger partial charge in [0, 0.05) is 11.9 Å². The van der Waals surface area contributed by atoms with Crippen molar-refractivity contribution in [1.82, 2.24) is 4.90 Å². The van der Waals surface area contributed by atoms with Crippen LogP contribution in [0.1, 0.15) is 10.4 Å². The Balaban J connectivity index is 3.01. The summed E-state index contributed by atoms with van der Waals surface area (Å²) in [5, 5.41) is 0.704. The Kier molecular flexibility index (Phi) is 6.32. The number of amides is 1. The minimum absolute atomic E-state index is 0.0578. The van der Waals surface area contributed by atoms with E-state index < -0.39 is 18.9 Å². The fraction of sp³-hybridized carbons (Fsp3) is 0.364. The van der Waals surface area contributed by atoms with Gasteiger partial charge in [0.05, 0.1) is 22.2 Å². The van der Waals surface area contributed by atoms with Gasteiger partial charge < -0.3 is 4.90 Å². The van der Waals surface area contributed by atoms with E-state index in [1.807, 2.05) is 0 Å². The fourth-order valence-electron chi connectivity index (χ4n) is 1.40. The lowest BCUT2D eigenvalue weighted by molar-refractivity contribution is 0.0573. The highest BCUT2D eigenvalue weighted by Gasteiger charge is 2.23. The van der Waals surface area contributed by atoms with Crippen molar-refractivity contribution in [2.45, 2.75) is 6.43 Å². The smallest absolute Gasteiger partial charge is 0.257 e. The Hall–Kier alpha value is -0.390. The molecule has 0 saturated heterocycles. The summed E-state index contributed by atoms with van der Waals surface area (Å²) in [7, 11) is 0. The van der Waals surface area contributed by atoms with Gasteiger partial charge in [-0.05, 0) is 12.1 Å². The van der Waals surface area contributed by atoms with Crippen molar-refractivity contribution < 1.29 is 13.6 Å². The number of carbonyl (C=O) groups excluding carboxylic acids is 1. The molecule has 0 atom stereocenters. The number of benzene rings is 1. The fourth-order valence-corrected chi connectivity index (χ4v) is 2.39. The Labute approximate surface area is 122 Å². The van der Waals surface area contributed by atoms with Crippen molar-refractivity contribution in [3.63, 3.8) is 0 Å². The molecule has 0 aliphatic rings. The summed E-state index contributed by atoms with van der Waals surface area (Å²) in [6.07, 6.45) is -2.60.